The minimum atomic E-state index is -0.932. The number of hydrazone groups is 1. The Balaban J connectivity index is 1.53. The van der Waals surface area contributed by atoms with E-state index in [2.05, 4.69) is 10.4 Å². The van der Waals surface area contributed by atoms with Crippen LogP contribution in [0.1, 0.15) is 24.5 Å². The van der Waals surface area contributed by atoms with E-state index in [1.807, 2.05) is 60.7 Å². The van der Waals surface area contributed by atoms with Crippen molar-refractivity contribution in [3.63, 3.8) is 0 Å². The molecule has 3 unspecified atom stereocenters. The summed E-state index contributed by atoms with van der Waals surface area (Å²) in [6.45, 7) is 2.63. The number of nitrogens with two attached hydrogens (primary N) is 1. The molecule has 200 valence electrons. The second-order valence-corrected chi connectivity index (χ2v) is 9.91. The predicted octanol–water partition coefficient (Wildman–Crippen LogP) is 1.88. The van der Waals surface area contributed by atoms with Crippen LogP contribution in [0.3, 0.4) is 0 Å². The average Bonchev–Trinajstić information content (AvgIpc) is 3.16. The van der Waals surface area contributed by atoms with Crippen molar-refractivity contribution in [2.75, 3.05) is 26.7 Å². The summed E-state index contributed by atoms with van der Waals surface area (Å²) in [6, 6.07) is 18.1. The molecular weight excluding hydrogens is 482 g/mol. The normalized spacial score (nSPS) is 20.7. The summed E-state index contributed by atoms with van der Waals surface area (Å²) in [4.78, 5) is 41.5. The molecule has 0 bridgehead atoms. The van der Waals surface area contributed by atoms with Gasteiger partial charge in [-0.25, -0.2) is 5.01 Å². The van der Waals surface area contributed by atoms with Crippen molar-refractivity contribution in [2.45, 2.75) is 38.5 Å². The molecule has 0 saturated carbocycles. The van der Waals surface area contributed by atoms with Crippen LogP contribution < -0.4 is 11.1 Å². The number of carbonyl (C=O) groups excluding carboxylic acids is 3. The molecule has 0 aromatic heterocycles. The molecule has 0 aliphatic carbocycles. The first-order chi connectivity index (χ1) is 18.3. The molecule has 3 atom stereocenters. The summed E-state index contributed by atoms with van der Waals surface area (Å²) in [5, 5.41) is 8.67. The standard InChI is InChI=1S/C29H35N5O4/c1-21(30)13-14-26(35)31-24(19-38-18-23-11-7-4-8-12-23)27(36)34-16-15-25-29(20-34,28(37)33(2)32-25)17-22-9-5-3-6-10-22/h3-14,21,24H,15-20,30H2,1-2H3,(H,31,35)/b14-13+. The van der Waals surface area contributed by atoms with Gasteiger partial charge >= 0.3 is 0 Å². The van der Waals surface area contributed by atoms with Crippen LogP contribution in [0.2, 0.25) is 0 Å². The lowest BCUT2D eigenvalue weighted by molar-refractivity contribution is -0.142. The summed E-state index contributed by atoms with van der Waals surface area (Å²) in [5.41, 5.74) is 7.54. The summed E-state index contributed by atoms with van der Waals surface area (Å²) in [6.07, 6.45) is 3.81. The monoisotopic (exact) mass is 517 g/mol. The van der Waals surface area contributed by atoms with Gasteiger partial charge in [0.05, 0.1) is 18.9 Å². The van der Waals surface area contributed by atoms with Gasteiger partial charge in [0, 0.05) is 38.7 Å². The Morgan fingerprint density at radius 3 is 2.45 bits per heavy atom. The number of carbonyl (C=O) groups is 3. The van der Waals surface area contributed by atoms with Crippen molar-refractivity contribution in [1.29, 1.82) is 0 Å². The zero-order valence-electron chi connectivity index (χ0n) is 21.9. The van der Waals surface area contributed by atoms with Crippen molar-refractivity contribution in [3.8, 4) is 0 Å². The van der Waals surface area contributed by atoms with E-state index in [4.69, 9.17) is 10.5 Å². The molecule has 9 nitrogen and oxygen atoms in total. The Kier molecular flexibility index (Phi) is 8.70. The number of ether oxygens (including phenoxy) is 1. The topological polar surface area (TPSA) is 117 Å². The zero-order chi connectivity index (χ0) is 27.1. The van der Waals surface area contributed by atoms with Gasteiger partial charge in [-0.1, -0.05) is 66.7 Å². The van der Waals surface area contributed by atoms with Crippen molar-refractivity contribution in [1.82, 2.24) is 15.2 Å². The predicted molar refractivity (Wildman–Crippen MR) is 145 cm³/mol. The Bertz CT molecular complexity index is 1200. The summed E-state index contributed by atoms with van der Waals surface area (Å²) < 4.78 is 5.86. The number of hydrogen-bond acceptors (Lipinski definition) is 6. The second-order valence-electron chi connectivity index (χ2n) is 9.91. The number of nitrogens with one attached hydrogen (secondary N) is 1. The number of benzene rings is 2. The fourth-order valence-corrected chi connectivity index (χ4v) is 4.94. The third-order valence-electron chi connectivity index (χ3n) is 6.83. The largest absolute Gasteiger partial charge is 0.374 e. The first-order valence-corrected chi connectivity index (χ1v) is 12.8. The van der Waals surface area contributed by atoms with Gasteiger partial charge in [-0.3, -0.25) is 14.4 Å². The van der Waals surface area contributed by atoms with Crippen molar-refractivity contribution in [3.05, 3.63) is 83.9 Å². The number of amides is 3. The van der Waals surface area contributed by atoms with E-state index in [0.29, 0.717) is 26.0 Å². The minimum absolute atomic E-state index is 0.0114. The molecule has 1 fully saturated rings. The molecule has 3 N–H and O–H groups in total. The van der Waals surface area contributed by atoms with Crippen LogP contribution in [-0.4, -0.2) is 72.2 Å². The van der Waals surface area contributed by atoms with Crippen molar-refractivity contribution >= 4 is 23.4 Å². The number of hydrogen-bond donors (Lipinski definition) is 2. The zero-order valence-corrected chi connectivity index (χ0v) is 21.9. The third-order valence-corrected chi connectivity index (χ3v) is 6.83. The molecule has 1 saturated heterocycles. The number of rotatable bonds is 10. The molecule has 2 aliphatic heterocycles. The SMILES string of the molecule is CC(N)/C=C/C(=O)NC(COCc1ccccc1)C(=O)N1CCC2=NN(C)C(=O)C2(Cc2ccccc2)C1. The average molecular weight is 518 g/mol. The smallest absolute Gasteiger partial charge is 0.256 e. The number of piperidine rings is 1. The highest BCUT2D eigenvalue weighted by atomic mass is 16.5. The fraction of sp³-hybridized carbons (Fsp3) is 0.379. The molecular formula is C29H35N5O4. The van der Waals surface area contributed by atoms with Crippen LogP contribution >= 0.6 is 0 Å². The molecule has 0 spiro atoms. The molecule has 3 amide bonds. The molecule has 0 radical (unpaired) electrons. The van der Waals surface area contributed by atoms with Gasteiger partial charge in [-0.2, -0.15) is 5.10 Å². The van der Waals surface area contributed by atoms with Crippen LogP contribution in [0.25, 0.3) is 0 Å². The highest BCUT2D eigenvalue weighted by Crippen LogP contribution is 2.38. The lowest BCUT2D eigenvalue weighted by atomic mass is 9.73. The maximum absolute atomic E-state index is 13.8. The molecule has 2 heterocycles. The molecule has 2 aliphatic rings. The van der Waals surface area contributed by atoms with Crippen LogP contribution in [0.4, 0.5) is 0 Å². The third kappa shape index (κ3) is 6.35. The molecule has 2 aromatic rings. The Hall–Kier alpha value is -3.82. The van der Waals surface area contributed by atoms with E-state index in [1.165, 1.54) is 11.1 Å². The van der Waals surface area contributed by atoms with Gasteiger partial charge < -0.3 is 20.7 Å². The van der Waals surface area contributed by atoms with Crippen LogP contribution in [0, 0.1) is 5.41 Å². The van der Waals surface area contributed by atoms with Gasteiger partial charge in [0.1, 0.15) is 11.5 Å². The number of fused-ring (bicyclic) bond motifs is 1. The van der Waals surface area contributed by atoms with E-state index in [9.17, 15) is 14.4 Å². The lowest BCUT2D eigenvalue weighted by Crippen LogP contribution is -2.59. The molecule has 9 heteroatoms. The Morgan fingerprint density at radius 2 is 1.79 bits per heavy atom. The Morgan fingerprint density at radius 1 is 1.13 bits per heavy atom. The Labute approximate surface area is 223 Å². The molecule has 38 heavy (non-hydrogen) atoms. The lowest BCUT2D eigenvalue weighted by Gasteiger charge is -2.40. The first kappa shape index (κ1) is 27.2. The molecule has 2 aromatic carbocycles. The second kappa shape index (κ2) is 12.1. The summed E-state index contributed by atoms with van der Waals surface area (Å²) in [7, 11) is 1.65. The van der Waals surface area contributed by atoms with E-state index in [-0.39, 0.29) is 31.0 Å². The van der Waals surface area contributed by atoms with Gasteiger partial charge in [-0.05, 0) is 24.5 Å². The number of nitrogens with zero attached hydrogens (tertiary/aromatic N) is 3. The van der Waals surface area contributed by atoms with Crippen molar-refractivity contribution in [2.24, 2.45) is 16.3 Å². The van der Waals surface area contributed by atoms with E-state index in [1.54, 1.807) is 24.9 Å². The minimum Gasteiger partial charge on any atom is -0.374 e. The highest BCUT2D eigenvalue weighted by Gasteiger charge is 2.53. The van der Waals surface area contributed by atoms with Gasteiger partial charge in [-0.15, -0.1) is 0 Å². The summed E-state index contributed by atoms with van der Waals surface area (Å²) in [5.74, 6) is -0.858. The van der Waals surface area contributed by atoms with Gasteiger partial charge in [0.25, 0.3) is 5.91 Å². The fourth-order valence-electron chi connectivity index (χ4n) is 4.94. The van der Waals surface area contributed by atoms with Gasteiger partial charge in [0.2, 0.25) is 11.8 Å². The summed E-state index contributed by atoms with van der Waals surface area (Å²) >= 11 is 0. The van der Waals surface area contributed by atoms with E-state index >= 15 is 0 Å². The van der Waals surface area contributed by atoms with Gasteiger partial charge in [0.15, 0.2) is 0 Å². The maximum atomic E-state index is 13.8. The van der Waals surface area contributed by atoms with E-state index < -0.39 is 17.4 Å². The maximum Gasteiger partial charge on any atom is 0.256 e. The van der Waals surface area contributed by atoms with E-state index in [0.717, 1.165) is 16.8 Å². The van der Waals surface area contributed by atoms with Crippen LogP contribution in [0.5, 0.6) is 0 Å². The van der Waals surface area contributed by atoms with Crippen molar-refractivity contribution < 1.29 is 19.1 Å². The first-order valence-electron chi connectivity index (χ1n) is 12.8. The van der Waals surface area contributed by atoms with Crippen LogP contribution in [-0.2, 0) is 32.1 Å². The quantitative estimate of drug-likeness (QED) is 0.467. The van der Waals surface area contributed by atoms with Crippen LogP contribution in [0.15, 0.2) is 77.9 Å². The molecule has 4 rings (SSSR count). The number of likely N-dealkylation sites (tertiary alicyclic amines) is 1. The highest BCUT2D eigenvalue weighted by molar-refractivity contribution is 6.13.